The topological polar surface area (TPSA) is 40.6 Å². The molecule has 0 unspecified atom stereocenters. The van der Waals surface area contributed by atoms with Gasteiger partial charge in [0.1, 0.15) is 0 Å². The third-order valence-corrected chi connectivity index (χ3v) is 5.44. The fourth-order valence-electron chi connectivity index (χ4n) is 3.22. The lowest BCUT2D eigenvalue weighted by molar-refractivity contribution is -0.131. The molecular weight excluding hydrogens is 371 g/mol. The Morgan fingerprint density at radius 2 is 1.81 bits per heavy atom. The molecule has 1 aliphatic heterocycles. The van der Waals surface area contributed by atoms with Crippen LogP contribution in [0.2, 0.25) is 10.0 Å². The van der Waals surface area contributed by atoms with Crippen molar-refractivity contribution in [3.8, 4) is 0 Å². The molecule has 1 heterocycles. The molecule has 1 aliphatic rings. The average Bonchev–Trinajstić information content (AvgIpc) is 2.64. The Balaban J connectivity index is 1.67. The summed E-state index contributed by atoms with van der Waals surface area (Å²) in [5.74, 6) is -0.144. The van der Waals surface area contributed by atoms with Gasteiger partial charge in [0.15, 0.2) is 0 Å². The second kappa shape index (κ2) is 8.11. The van der Waals surface area contributed by atoms with E-state index in [1.54, 1.807) is 18.2 Å². The fourth-order valence-corrected chi connectivity index (χ4v) is 3.62. The molecule has 136 valence electrons. The summed E-state index contributed by atoms with van der Waals surface area (Å²) >= 11 is 12.3. The van der Waals surface area contributed by atoms with Gasteiger partial charge in [0, 0.05) is 33.0 Å². The molecule has 0 aromatic heterocycles. The lowest BCUT2D eigenvalue weighted by atomic mass is 10.00. The summed E-state index contributed by atoms with van der Waals surface area (Å²) in [6, 6.07) is 13.3. The predicted octanol–water partition coefficient (Wildman–Crippen LogP) is 4.32. The second-order valence-corrected chi connectivity index (χ2v) is 7.11. The molecule has 2 aromatic rings. The van der Waals surface area contributed by atoms with Crippen LogP contribution in [0.25, 0.3) is 0 Å². The van der Waals surface area contributed by atoms with Gasteiger partial charge < -0.3 is 9.80 Å². The number of hydrogen-bond acceptors (Lipinski definition) is 2. The smallest absolute Gasteiger partial charge is 0.224 e. The molecular formula is C20H20Cl2N2O2. The predicted molar refractivity (Wildman–Crippen MR) is 105 cm³/mol. The number of fused-ring (bicyclic) bond motifs is 1. The maximum atomic E-state index is 12.6. The van der Waals surface area contributed by atoms with Gasteiger partial charge in [-0.2, -0.15) is 0 Å². The van der Waals surface area contributed by atoms with E-state index in [-0.39, 0.29) is 24.8 Å². The fraction of sp³-hybridized carbons (Fsp3) is 0.300. The Morgan fingerprint density at radius 3 is 2.54 bits per heavy atom. The molecule has 0 aliphatic carbocycles. The van der Waals surface area contributed by atoms with E-state index in [2.05, 4.69) is 12.1 Å². The minimum absolute atomic E-state index is 0.0314. The third-order valence-electron chi connectivity index (χ3n) is 4.63. The van der Waals surface area contributed by atoms with Crippen LogP contribution in [0.15, 0.2) is 42.5 Å². The summed E-state index contributed by atoms with van der Waals surface area (Å²) in [6.07, 6.45) is 1.10. The average molecular weight is 391 g/mol. The van der Waals surface area contributed by atoms with Crippen molar-refractivity contribution in [1.29, 1.82) is 0 Å². The molecule has 2 aromatic carbocycles. The lowest BCUT2D eigenvalue weighted by Crippen LogP contribution is -2.39. The maximum Gasteiger partial charge on any atom is 0.224 e. The van der Waals surface area contributed by atoms with Crippen LogP contribution in [0.5, 0.6) is 0 Å². The normalized spacial score (nSPS) is 13.3. The maximum absolute atomic E-state index is 12.6. The molecule has 0 saturated carbocycles. The van der Waals surface area contributed by atoms with Gasteiger partial charge in [0.05, 0.1) is 15.7 Å². The highest BCUT2D eigenvalue weighted by Crippen LogP contribution is 2.32. The van der Waals surface area contributed by atoms with Crippen LogP contribution in [0.4, 0.5) is 5.69 Å². The van der Waals surface area contributed by atoms with E-state index in [4.69, 9.17) is 23.2 Å². The van der Waals surface area contributed by atoms with Gasteiger partial charge in [-0.1, -0.05) is 53.5 Å². The van der Waals surface area contributed by atoms with Crippen molar-refractivity contribution in [1.82, 2.24) is 4.90 Å². The number of benzene rings is 2. The molecule has 0 spiro atoms. The minimum atomic E-state index is -0.175. The van der Waals surface area contributed by atoms with Crippen molar-refractivity contribution in [2.75, 3.05) is 18.0 Å². The molecule has 3 rings (SSSR count). The number of carbonyl (C=O) groups is 2. The first-order chi connectivity index (χ1) is 12.5. The number of amides is 2. The van der Waals surface area contributed by atoms with E-state index in [1.165, 1.54) is 23.0 Å². The van der Waals surface area contributed by atoms with E-state index >= 15 is 0 Å². The zero-order valence-corrected chi connectivity index (χ0v) is 16.1. The van der Waals surface area contributed by atoms with Crippen LogP contribution in [-0.2, 0) is 22.6 Å². The van der Waals surface area contributed by atoms with Crippen molar-refractivity contribution in [3.05, 3.63) is 63.6 Å². The first kappa shape index (κ1) is 18.7. The summed E-state index contributed by atoms with van der Waals surface area (Å²) in [4.78, 5) is 28.1. The first-order valence-corrected chi connectivity index (χ1v) is 9.29. The largest absolute Gasteiger partial charge is 0.338 e. The van der Waals surface area contributed by atoms with Gasteiger partial charge in [-0.25, -0.2) is 0 Å². The van der Waals surface area contributed by atoms with Crippen molar-refractivity contribution in [2.45, 2.75) is 26.3 Å². The van der Waals surface area contributed by atoms with Crippen LogP contribution in [0.1, 0.15) is 24.5 Å². The zero-order valence-electron chi connectivity index (χ0n) is 14.5. The summed E-state index contributed by atoms with van der Waals surface area (Å²) in [5.41, 5.74) is 3.02. The minimum Gasteiger partial charge on any atom is -0.338 e. The standard InChI is InChI=1S/C20H20Cl2N2O2/c1-14(25)24(18-8-4-7-17(21)20(18)22)12-10-19(26)23-11-9-15-5-2-3-6-16(15)13-23/h2-8H,9-13H2,1H3. The van der Waals surface area contributed by atoms with Crippen LogP contribution in [-0.4, -0.2) is 29.8 Å². The number of anilines is 1. The molecule has 0 radical (unpaired) electrons. The van der Waals surface area contributed by atoms with Crippen LogP contribution in [0, 0.1) is 0 Å². The zero-order chi connectivity index (χ0) is 18.7. The molecule has 0 saturated heterocycles. The summed E-state index contributed by atoms with van der Waals surface area (Å²) in [5, 5.41) is 0.707. The number of hydrogen-bond donors (Lipinski definition) is 0. The molecule has 0 bridgehead atoms. The van der Waals surface area contributed by atoms with Crippen molar-refractivity contribution in [2.24, 2.45) is 0 Å². The number of rotatable bonds is 4. The van der Waals surface area contributed by atoms with Crippen LogP contribution >= 0.6 is 23.2 Å². The molecule has 0 atom stereocenters. The highest BCUT2D eigenvalue weighted by molar-refractivity contribution is 6.44. The van der Waals surface area contributed by atoms with Gasteiger partial charge in [-0.05, 0) is 29.7 Å². The van der Waals surface area contributed by atoms with Gasteiger partial charge in [0.2, 0.25) is 11.8 Å². The van der Waals surface area contributed by atoms with E-state index in [9.17, 15) is 9.59 Å². The highest BCUT2D eigenvalue weighted by Gasteiger charge is 2.22. The Hall–Kier alpha value is -2.04. The van der Waals surface area contributed by atoms with Crippen LogP contribution < -0.4 is 4.90 Å². The molecule has 0 N–H and O–H groups in total. The Labute approximate surface area is 163 Å². The van der Waals surface area contributed by atoms with Gasteiger partial charge in [-0.3, -0.25) is 9.59 Å². The number of halogens is 2. The van der Waals surface area contributed by atoms with Crippen molar-refractivity contribution < 1.29 is 9.59 Å². The lowest BCUT2D eigenvalue weighted by Gasteiger charge is -2.30. The summed E-state index contributed by atoms with van der Waals surface area (Å²) < 4.78 is 0. The quantitative estimate of drug-likeness (QED) is 0.779. The summed E-state index contributed by atoms with van der Waals surface area (Å²) in [7, 11) is 0. The van der Waals surface area contributed by atoms with E-state index < -0.39 is 0 Å². The van der Waals surface area contributed by atoms with Gasteiger partial charge in [0.25, 0.3) is 0 Å². The SMILES string of the molecule is CC(=O)N(CCC(=O)N1CCc2ccccc2C1)c1cccc(Cl)c1Cl. The first-order valence-electron chi connectivity index (χ1n) is 8.54. The molecule has 6 heteroatoms. The van der Waals surface area contributed by atoms with Crippen molar-refractivity contribution in [3.63, 3.8) is 0 Å². The highest BCUT2D eigenvalue weighted by atomic mass is 35.5. The summed E-state index contributed by atoms with van der Waals surface area (Å²) in [6.45, 7) is 3.05. The molecule has 26 heavy (non-hydrogen) atoms. The van der Waals surface area contributed by atoms with E-state index in [0.717, 1.165) is 6.42 Å². The van der Waals surface area contributed by atoms with E-state index in [1.807, 2.05) is 17.0 Å². The second-order valence-electron chi connectivity index (χ2n) is 6.33. The van der Waals surface area contributed by atoms with Gasteiger partial charge in [-0.15, -0.1) is 0 Å². The Bertz CT molecular complexity index is 838. The third kappa shape index (κ3) is 4.02. The monoisotopic (exact) mass is 390 g/mol. The number of carbonyl (C=O) groups excluding carboxylic acids is 2. The van der Waals surface area contributed by atoms with E-state index in [0.29, 0.717) is 28.8 Å². The van der Waals surface area contributed by atoms with Crippen LogP contribution in [0.3, 0.4) is 0 Å². The molecule has 4 nitrogen and oxygen atoms in total. The van der Waals surface area contributed by atoms with Gasteiger partial charge >= 0.3 is 0 Å². The molecule has 0 fully saturated rings. The van der Waals surface area contributed by atoms with Crippen molar-refractivity contribution >= 4 is 40.7 Å². The Morgan fingerprint density at radius 1 is 1.08 bits per heavy atom. The molecule has 2 amide bonds. The Kier molecular flexibility index (Phi) is 5.84. The number of nitrogens with zero attached hydrogens (tertiary/aromatic N) is 2.